The van der Waals surface area contributed by atoms with Gasteiger partial charge in [0.2, 0.25) is 15.8 Å². The molecule has 40 heavy (non-hydrogen) atoms. The van der Waals surface area contributed by atoms with Crippen molar-refractivity contribution in [3.63, 3.8) is 0 Å². The number of nitrogens with two attached hydrogens (primary N) is 1. The minimum atomic E-state index is -3.87. The fourth-order valence-electron chi connectivity index (χ4n) is 4.75. The van der Waals surface area contributed by atoms with Crippen molar-refractivity contribution >= 4 is 15.8 Å². The number of ketones is 1. The van der Waals surface area contributed by atoms with Gasteiger partial charge in [-0.3, -0.25) is 4.79 Å². The van der Waals surface area contributed by atoms with Crippen LogP contribution in [-0.4, -0.2) is 50.9 Å². The fourth-order valence-corrected chi connectivity index (χ4v) is 5.26. The Morgan fingerprint density at radius 2 is 1.75 bits per heavy atom. The van der Waals surface area contributed by atoms with Crippen LogP contribution in [0.15, 0.2) is 83.8 Å². The predicted molar refractivity (Wildman–Crippen MR) is 145 cm³/mol. The number of primary sulfonamides is 1. The first kappa shape index (κ1) is 27.7. The molecule has 1 aliphatic heterocycles. The van der Waals surface area contributed by atoms with Gasteiger partial charge in [-0.1, -0.05) is 30.3 Å². The van der Waals surface area contributed by atoms with Crippen LogP contribution < -0.4 is 9.88 Å². The molecule has 1 saturated heterocycles. The second-order valence-electron chi connectivity index (χ2n) is 9.43. The van der Waals surface area contributed by atoms with Gasteiger partial charge >= 0.3 is 0 Å². The van der Waals surface area contributed by atoms with Crippen molar-refractivity contribution in [1.29, 1.82) is 0 Å². The van der Waals surface area contributed by atoms with Crippen LogP contribution in [0.1, 0.15) is 28.9 Å². The lowest BCUT2D eigenvalue weighted by atomic mass is 9.86. The molecule has 0 spiro atoms. The van der Waals surface area contributed by atoms with Crippen LogP contribution in [-0.2, 0) is 25.1 Å². The summed E-state index contributed by atoms with van der Waals surface area (Å²) in [5.41, 5.74) is 2.00. The maximum atomic E-state index is 14.6. The summed E-state index contributed by atoms with van der Waals surface area (Å²) in [7, 11) is -2.28. The van der Waals surface area contributed by atoms with Gasteiger partial charge in [0.1, 0.15) is 17.3 Å². The SMILES string of the molecule is COC1(c2cc(F)cc(OCC(=O)c3cc(-c4ccccc4)n(-c4ccc(S(N)(=O)=O)cc4)n3)c2)CCOCC1. The first-order chi connectivity index (χ1) is 19.2. The Kier molecular flexibility index (Phi) is 7.81. The summed E-state index contributed by atoms with van der Waals surface area (Å²) in [6.07, 6.45) is 1.15. The van der Waals surface area contributed by atoms with Crippen LogP contribution >= 0.6 is 0 Å². The van der Waals surface area contributed by atoms with Crippen molar-refractivity contribution in [2.45, 2.75) is 23.3 Å². The summed E-state index contributed by atoms with van der Waals surface area (Å²) in [6.45, 7) is 0.619. The molecular weight excluding hydrogens is 537 g/mol. The smallest absolute Gasteiger partial charge is 0.238 e. The van der Waals surface area contributed by atoms with Crippen molar-refractivity contribution in [3.05, 3.63) is 95.9 Å². The molecule has 3 aromatic carbocycles. The zero-order valence-corrected chi connectivity index (χ0v) is 22.6. The molecule has 0 radical (unpaired) electrons. The van der Waals surface area contributed by atoms with Crippen LogP contribution in [0.4, 0.5) is 4.39 Å². The summed E-state index contributed by atoms with van der Waals surface area (Å²) in [5.74, 6) is -0.718. The molecule has 0 bridgehead atoms. The highest BCUT2D eigenvalue weighted by atomic mass is 32.2. The summed E-state index contributed by atoms with van der Waals surface area (Å²) < 4.78 is 56.4. The zero-order valence-electron chi connectivity index (χ0n) is 21.7. The van der Waals surface area contributed by atoms with Gasteiger partial charge in [0.05, 0.1) is 21.9 Å². The molecule has 5 rings (SSSR count). The molecule has 2 heterocycles. The number of halogens is 1. The normalized spacial score (nSPS) is 15.1. The molecule has 0 atom stereocenters. The van der Waals surface area contributed by atoms with Gasteiger partial charge in [-0.25, -0.2) is 22.6 Å². The lowest BCUT2D eigenvalue weighted by Gasteiger charge is -2.36. The minimum Gasteiger partial charge on any atom is -0.485 e. The van der Waals surface area contributed by atoms with Crippen LogP contribution in [0.5, 0.6) is 5.75 Å². The number of aromatic nitrogens is 2. The van der Waals surface area contributed by atoms with E-state index in [1.165, 1.54) is 24.3 Å². The molecule has 1 aromatic heterocycles. The minimum absolute atomic E-state index is 0.0418. The van der Waals surface area contributed by atoms with Gasteiger partial charge in [-0.2, -0.15) is 5.10 Å². The Labute approximate surface area is 231 Å². The van der Waals surface area contributed by atoms with Crippen LogP contribution in [0.2, 0.25) is 0 Å². The van der Waals surface area contributed by atoms with E-state index in [4.69, 9.17) is 19.3 Å². The molecule has 0 unspecified atom stereocenters. The van der Waals surface area contributed by atoms with E-state index in [0.29, 0.717) is 43.0 Å². The maximum Gasteiger partial charge on any atom is 0.238 e. The average Bonchev–Trinajstić information content (AvgIpc) is 3.42. The standard InChI is InChI=1S/C29H28FN3O6S/c1-37-29(11-13-38-14-12-29)21-15-22(30)17-24(16-21)39-19-28(34)26-18-27(20-5-3-2-4-6-20)33(32-26)23-7-9-25(10-8-23)40(31,35)36/h2-10,15-18H,11-14,19H2,1H3,(H2,31,35,36). The predicted octanol–water partition coefficient (Wildman–Crippen LogP) is 4.24. The second-order valence-corrected chi connectivity index (χ2v) is 11.0. The maximum absolute atomic E-state index is 14.6. The largest absolute Gasteiger partial charge is 0.485 e. The Bertz CT molecular complexity index is 1620. The first-order valence-electron chi connectivity index (χ1n) is 12.6. The topological polar surface area (TPSA) is 123 Å². The number of hydrogen-bond acceptors (Lipinski definition) is 7. The van der Waals surface area contributed by atoms with Crippen molar-refractivity contribution in [3.8, 4) is 22.7 Å². The van der Waals surface area contributed by atoms with E-state index in [9.17, 15) is 17.6 Å². The molecule has 11 heteroatoms. The quantitative estimate of drug-likeness (QED) is 0.301. The second kappa shape index (κ2) is 11.3. The lowest BCUT2D eigenvalue weighted by molar-refractivity contribution is -0.0950. The number of rotatable bonds is 9. The van der Waals surface area contributed by atoms with Crippen molar-refractivity contribution in [1.82, 2.24) is 9.78 Å². The van der Waals surface area contributed by atoms with E-state index >= 15 is 0 Å². The van der Waals surface area contributed by atoms with Gasteiger partial charge in [0.15, 0.2) is 6.61 Å². The molecular formula is C29H28FN3O6S. The van der Waals surface area contributed by atoms with Gasteiger partial charge in [-0.15, -0.1) is 0 Å². The number of benzene rings is 3. The Morgan fingerprint density at radius 3 is 2.40 bits per heavy atom. The summed E-state index contributed by atoms with van der Waals surface area (Å²) in [6, 6.07) is 21.1. The Morgan fingerprint density at radius 1 is 1.05 bits per heavy atom. The van der Waals surface area contributed by atoms with Crippen LogP contribution in [0.3, 0.4) is 0 Å². The molecule has 0 aliphatic carbocycles. The lowest BCUT2D eigenvalue weighted by Crippen LogP contribution is -2.35. The highest BCUT2D eigenvalue weighted by Gasteiger charge is 2.35. The molecule has 2 N–H and O–H groups in total. The van der Waals surface area contributed by atoms with E-state index in [1.54, 1.807) is 36.1 Å². The van der Waals surface area contributed by atoms with Crippen molar-refractivity contribution < 1.29 is 31.8 Å². The monoisotopic (exact) mass is 565 g/mol. The molecule has 4 aromatic rings. The summed E-state index contributed by atoms with van der Waals surface area (Å²) >= 11 is 0. The average molecular weight is 566 g/mol. The van der Waals surface area contributed by atoms with Gasteiger partial charge in [0, 0.05) is 44.8 Å². The number of carbonyl (C=O) groups is 1. The van der Waals surface area contributed by atoms with E-state index in [-0.39, 0.29) is 22.9 Å². The third-order valence-electron chi connectivity index (χ3n) is 6.93. The number of Topliss-reactive ketones (excluding diaryl/α,β-unsaturated/α-hetero) is 1. The summed E-state index contributed by atoms with van der Waals surface area (Å²) in [4.78, 5) is 13.1. The number of carbonyl (C=O) groups excluding carboxylic acids is 1. The summed E-state index contributed by atoms with van der Waals surface area (Å²) in [5, 5.41) is 9.72. The number of nitrogens with zero attached hydrogens (tertiary/aromatic N) is 2. The Hall–Kier alpha value is -3.90. The van der Waals surface area contributed by atoms with E-state index in [1.807, 2.05) is 30.3 Å². The first-order valence-corrected chi connectivity index (χ1v) is 14.1. The van der Waals surface area contributed by atoms with E-state index in [2.05, 4.69) is 5.10 Å². The third-order valence-corrected chi connectivity index (χ3v) is 7.86. The van der Waals surface area contributed by atoms with Gasteiger partial charge in [-0.05, 0) is 48.0 Å². The molecule has 9 nitrogen and oxygen atoms in total. The van der Waals surface area contributed by atoms with Crippen molar-refractivity contribution in [2.75, 3.05) is 26.9 Å². The number of methoxy groups -OCH3 is 1. The zero-order chi connectivity index (χ0) is 28.3. The molecule has 208 valence electrons. The number of sulfonamides is 1. The van der Waals surface area contributed by atoms with E-state index in [0.717, 1.165) is 5.56 Å². The fraction of sp³-hybridized carbons (Fsp3) is 0.241. The van der Waals surface area contributed by atoms with Gasteiger partial charge in [0.25, 0.3) is 0 Å². The number of ether oxygens (including phenoxy) is 3. The molecule has 0 amide bonds. The Balaban J connectivity index is 1.41. The van der Waals surface area contributed by atoms with Crippen LogP contribution in [0.25, 0.3) is 16.9 Å². The third kappa shape index (κ3) is 5.82. The molecule has 0 saturated carbocycles. The van der Waals surface area contributed by atoms with Crippen molar-refractivity contribution in [2.24, 2.45) is 5.14 Å². The molecule has 1 aliphatic rings. The highest BCUT2D eigenvalue weighted by Crippen LogP contribution is 2.37. The molecule has 1 fully saturated rings. The van der Waals surface area contributed by atoms with E-state index < -0.39 is 27.2 Å². The highest BCUT2D eigenvalue weighted by molar-refractivity contribution is 7.89. The number of hydrogen-bond donors (Lipinski definition) is 1. The van der Waals surface area contributed by atoms with Crippen LogP contribution in [0, 0.1) is 5.82 Å². The van der Waals surface area contributed by atoms with Gasteiger partial charge < -0.3 is 14.2 Å².